The first-order chi connectivity index (χ1) is 13.0. The fourth-order valence-electron chi connectivity index (χ4n) is 3.06. The minimum Gasteiger partial charge on any atom is -0.388 e. The van der Waals surface area contributed by atoms with Crippen molar-refractivity contribution in [3.8, 4) is 0 Å². The molecule has 2 fully saturated rings. The topological polar surface area (TPSA) is 104 Å². The molecule has 2 aliphatic rings. The van der Waals surface area contributed by atoms with E-state index in [4.69, 9.17) is 39.2 Å². The summed E-state index contributed by atoms with van der Waals surface area (Å²) in [6.07, 6.45) is -3.34. The second-order valence-electron chi connectivity index (χ2n) is 7.52. The lowest BCUT2D eigenvalue weighted by atomic mass is 9.93. The molecule has 8 atom stereocenters. The molecule has 12 heteroatoms. The Morgan fingerprint density at radius 1 is 1.18 bits per heavy atom. The van der Waals surface area contributed by atoms with Gasteiger partial charge in [0.05, 0.1) is 31.0 Å². The van der Waals surface area contributed by atoms with Gasteiger partial charge in [0.15, 0.2) is 0 Å². The molecule has 0 spiro atoms. The van der Waals surface area contributed by atoms with Crippen molar-refractivity contribution in [2.45, 2.75) is 88.9 Å². The molecule has 0 aromatic heterocycles. The molecule has 2 heterocycles. The molecule has 8 nitrogen and oxygen atoms in total. The van der Waals surface area contributed by atoms with Crippen LogP contribution in [-0.4, -0.2) is 92.8 Å². The van der Waals surface area contributed by atoms with Crippen LogP contribution in [0, 0.1) is 0 Å². The Morgan fingerprint density at radius 3 is 2.46 bits per heavy atom. The van der Waals surface area contributed by atoms with E-state index < -0.39 is 43.2 Å². The quantitative estimate of drug-likeness (QED) is 0.385. The second-order valence-corrected chi connectivity index (χ2v) is 11.4. The van der Waals surface area contributed by atoms with Crippen LogP contribution < -0.4 is 0 Å². The first kappa shape index (κ1) is 24.7. The molecule has 0 saturated carbocycles. The highest BCUT2D eigenvalue weighted by Gasteiger charge is 2.46. The van der Waals surface area contributed by atoms with Crippen LogP contribution in [0.3, 0.4) is 0 Å². The maximum absolute atomic E-state index is 12.6. The van der Waals surface area contributed by atoms with E-state index in [1.165, 1.54) is 0 Å². The third kappa shape index (κ3) is 7.29. The van der Waals surface area contributed by atoms with Gasteiger partial charge in [-0.25, -0.2) is 4.57 Å². The summed E-state index contributed by atoms with van der Waals surface area (Å²) >= 11 is 0.705. The fraction of sp³-hybridized carbons (Fsp3) is 1.00. The minimum atomic E-state index is -4.13. The van der Waals surface area contributed by atoms with Crippen LogP contribution in [0.15, 0.2) is 0 Å². The second kappa shape index (κ2) is 10.6. The minimum absolute atomic E-state index is 0.0161. The van der Waals surface area contributed by atoms with E-state index in [0.717, 1.165) is 0 Å². The average molecular weight is 434 g/mol. The smallest absolute Gasteiger partial charge is 0.387 e. The zero-order valence-electron chi connectivity index (χ0n) is 16.7. The largest absolute Gasteiger partial charge is 0.388 e. The van der Waals surface area contributed by atoms with Crippen LogP contribution in [0.2, 0.25) is 0 Å². The van der Waals surface area contributed by atoms with Gasteiger partial charge < -0.3 is 28.9 Å². The summed E-state index contributed by atoms with van der Waals surface area (Å²) in [5.74, 6) is 0.155. The molecular formula is C16H29B2O8PS. The number of aliphatic hydroxyl groups is 1. The summed E-state index contributed by atoms with van der Waals surface area (Å²) in [6.45, 7) is 3.44. The molecule has 0 bridgehead atoms. The average Bonchev–Trinajstić information content (AvgIpc) is 3.04. The van der Waals surface area contributed by atoms with Gasteiger partial charge in [-0.2, -0.15) is 0 Å². The Balaban J connectivity index is 1.93. The Hall–Kier alpha value is 0.430. The van der Waals surface area contributed by atoms with E-state index in [9.17, 15) is 14.6 Å². The maximum Gasteiger partial charge on any atom is 0.387 e. The number of ether oxygens (including phenoxy) is 4. The highest BCUT2D eigenvalue weighted by molar-refractivity contribution is 8.54. The van der Waals surface area contributed by atoms with E-state index >= 15 is 0 Å². The molecule has 2 N–H and O–H groups in total. The third-order valence-electron chi connectivity index (χ3n) is 4.30. The van der Waals surface area contributed by atoms with E-state index in [0.29, 0.717) is 17.8 Å². The van der Waals surface area contributed by atoms with Gasteiger partial charge in [0.1, 0.15) is 34.0 Å². The van der Waals surface area contributed by atoms with Crippen molar-refractivity contribution in [1.29, 1.82) is 0 Å². The molecule has 4 radical (unpaired) electrons. The van der Waals surface area contributed by atoms with Crippen molar-refractivity contribution in [2.24, 2.45) is 0 Å². The van der Waals surface area contributed by atoms with Crippen molar-refractivity contribution in [3.63, 3.8) is 0 Å². The normalized spacial score (nSPS) is 38.4. The van der Waals surface area contributed by atoms with E-state index in [-0.39, 0.29) is 30.7 Å². The van der Waals surface area contributed by atoms with Crippen LogP contribution in [0.25, 0.3) is 0 Å². The van der Waals surface area contributed by atoms with Gasteiger partial charge in [-0.3, -0.25) is 4.52 Å². The monoisotopic (exact) mass is 434 g/mol. The fourth-order valence-corrected chi connectivity index (χ4v) is 5.80. The molecule has 2 rings (SSSR count). The van der Waals surface area contributed by atoms with Crippen molar-refractivity contribution in [3.05, 3.63) is 0 Å². The van der Waals surface area contributed by atoms with Gasteiger partial charge >= 0.3 is 6.80 Å². The first-order valence-electron chi connectivity index (χ1n) is 9.41. The standard InChI is InChI=1S/C16H29B2O8PS/c1-8(2)22-6-11-15(14(19)16(18)25-11)26-27(20,21)28-7-12-10(23-9(3)4)5-13(17)24-12/h8-16,19H,5-7H2,1-4H3,(H,20,21)/t10?,11-,12-,13-,14?,15?,16-/m1/s1. The summed E-state index contributed by atoms with van der Waals surface area (Å²) in [6, 6.07) is -1.50. The zero-order valence-corrected chi connectivity index (χ0v) is 18.4. The van der Waals surface area contributed by atoms with Crippen LogP contribution in [0.4, 0.5) is 0 Å². The van der Waals surface area contributed by atoms with Crippen LogP contribution in [0.1, 0.15) is 34.1 Å². The lowest BCUT2D eigenvalue weighted by Crippen LogP contribution is -2.37. The lowest BCUT2D eigenvalue weighted by molar-refractivity contribution is -0.0433. The highest BCUT2D eigenvalue weighted by atomic mass is 32.7. The molecule has 28 heavy (non-hydrogen) atoms. The van der Waals surface area contributed by atoms with Gasteiger partial charge in [0, 0.05) is 17.8 Å². The molecule has 4 unspecified atom stereocenters. The Bertz CT molecular complexity index is 543. The number of rotatable bonds is 10. The van der Waals surface area contributed by atoms with Crippen molar-refractivity contribution >= 4 is 33.9 Å². The van der Waals surface area contributed by atoms with Gasteiger partial charge in [-0.05, 0) is 45.5 Å². The summed E-state index contributed by atoms with van der Waals surface area (Å²) in [4.78, 5) is 10.3. The molecule has 2 saturated heterocycles. The third-order valence-corrected chi connectivity index (χ3v) is 7.30. The highest BCUT2D eigenvalue weighted by Crippen LogP contribution is 2.58. The molecule has 0 amide bonds. The van der Waals surface area contributed by atoms with Gasteiger partial charge in [0.2, 0.25) is 0 Å². The van der Waals surface area contributed by atoms with Crippen molar-refractivity contribution in [1.82, 2.24) is 0 Å². The molecule has 0 aromatic carbocycles. The zero-order chi connectivity index (χ0) is 21.1. The summed E-state index contributed by atoms with van der Waals surface area (Å²) in [5, 5.41) is 10.2. The summed E-state index contributed by atoms with van der Waals surface area (Å²) in [7, 11) is 11.5. The van der Waals surface area contributed by atoms with Crippen molar-refractivity contribution in [2.75, 3.05) is 12.4 Å². The molecule has 2 aliphatic heterocycles. The SMILES string of the molecule is [B][C@@H]1O[C@H](COC(C)C)C(OP(=O)(O)SC[C@H]2O[C@@H]([B])CC2OC(C)C)C1O. The number of hydrogen-bond donors (Lipinski definition) is 2. The van der Waals surface area contributed by atoms with Crippen LogP contribution in [-0.2, 0) is 28.0 Å². The molecule has 0 aromatic rings. The van der Waals surface area contributed by atoms with Crippen LogP contribution in [0.5, 0.6) is 0 Å². The lowest BCUT2D eigenvalue weighted by Gasteiger charge is -2.25. The van der Waals surface area contributed by atoms with Gasteiger partial charge in [-0.15, -0.1) is 0 Å². The Morgan fingerprint density at radius 2 is 1.86 bits per heavy atom. The van der Waals surface area contributed by atoms with Gasteiger partial charge in [-0.1, -0.05) is 0 Å². The summed E-state index contributed by atoms with van der Waals surface area (Å²) in [5.41, 5.74) is 0. The van der Waals surface area contributed by atoms with E-state index in [1.54, 1.807) is 0 Å². The Labute approximate surface area is 173 Å². The number of aliphatic hydroxyl groups excluding tert-OH is 1. The predicted octanol–water partition coefficient (Wildman–Crippen LogP) is 0.962. The number of hydrogen-bond acceptors (Lipinski definition) is 8. The predicted molar refractivity (Wildman–Crippen MR) is 108 cm³/mol. The first-order valence-corrected chi connectivity index (χ1v) is 12.6. The summed E-state index contributed by atoms with van der Waals surface area (Å²) < 4.78 is 40.2. The van der Waals surface area contributed by atoms with Gasteiger partial charge in [0.25, 0.3) is 0 Å². The van der Waals surface area contributed by atoms with Crippen LogP contribution >= 0.6 is 18.2 Å². The van der Waals surface area contributed by atoms with E-state index in [1.807, 2.05) is 27.7 Å². The van der Waals surface area contributed by atoms with Crippen molar-refractivity contribution < 1.29 is 38.0 Å². The molecule has 158 valence electrons. The Kier molecular flexibility index (Phi) is 9.39. The molecular weight excluding hydrogens is 405 g/mol. The maximum atomic E-state index is 12.6. The van der Waals surface area contributed by atoms with E-state index in [2.05, 4.69) is 0 Å². The molecule has 0 aliphatic carbocycles.